The van der Waals surface area contributed by atoms with Crippen molar-refractivity contribution in [3.8, 4) is 0 Å². The summed E-state index contributed by atoms with van der Waals surface area (Å²) in [7, 11) is 0. The first kappa shape index (κ1) is 17.2. The van der Waals surface area contributed by atoms with Crippen LogP contribution < -0.4 is 11.1 Å². The fourth-order valence-electron chi connectivity index (χ4n) is 2.34. The first-order valence-corrected chi connectivity index (χ1v) is 7.21. The molecule has 1 rings (SSSR count). The molecule has 2 atom stereocenters. The van der Waals surface area contributed by atoms with Crippen LogP contribution in [0, 0.1) is 11.8 Å². The van der Waals surface area contributed by atoms with Crippen molar-refractivity contribution in [1.82, 2.24) is 5.32 Å². The Bertz CT molecular complexity index is 460. The highest BCUT2D eigenvalue weighted by atomic mass is 16.4. The van der Waals surface area contributed by atoms with E-state index in [9.17, 15) is 14.7 Å². The largest absolute Gasteiger partial charge is 0.479 e. The standard InChI is InChI=1S/C16H24N2O3/c1-11(2)8-12(10-17)9-14(19)18-15(16(20)21)13-6-4-3-5-7-13/h3-7,11-12,15H,8-10,17H2,1-2H3,(H,18,19)(H,20,21). The van der Waals surface area contributed by atoms with Crippen molar-refractivity contribution in [2.24, 2.45) is 17.6 Å². The van der Waals surface area contributed by atoms with Gasteiger partial charge in [-0.2, -0.15) is 0 Å². The molecule has 0 radical (unpaired) electrons. The molecule has 0 aliphatic heterocycles. The van der Waals surface area contributed by atoms with Crippen LogP contribution in [0.15, 0.2) is 30.3 Å². The fourth-order valence-corrected chi connectivity index (χ4v) is 2.34. The molecule has 2 unspecified atom stereocenters. The molecule has 1 amide bonds. The minimum Gasteiger partial charge on any atom is -0.479 e. The summed E-state index contributed by atoms with van der Waals surface area (Å²) >= 11 is 0. The summed E-state index contributed by atoms with van der Waals surface area (Å²) in [6.45, 7) is 4.57. The van der Waals surface area contributed by atoms with Gasteiger partial charge in [0.05, 0.1) is 0 Å². The molecule has 0 aromatic heterocycles. The zero-order valence-corrected chi connectivity index (χ0v) is 12.6. The SMILES string of the molecule is CC(C)CC(CN)CC(=O)NC(C(=O)O)c1ccccc1. The monoisotopic (exact) mass is 292 g/mol. The van der Waals surface area contributed by atoms with Crippen LogP contribution in [0.1, 0.15) is 38.3 Å². The van der Waals surface area contributed by atoms with E-state index >= 15 is 0 Å². The summed E-state index contributed by atoms with van der Waals surface area (Å²) in [5, 5.41) is 11.8. The van der Waals surface area contributed by atoms with Crippen LogP contribution >= 0.6 is 0 Å². The van der Waals surface area contributed by atoms with E-state index in [0.717, 1.165) is 6.42 Å². The summed E-state index contributed by atoms with van der Waals surface area (Å²) in [6, 6.07) is 7.66. The maximum Gasteiger partial charge on any atom is 0.330 e. The topological polar surface area (TPSA) is 92.4 Å². The zero-order chi connectivity index (χ0) is 15.8. The number of hydrogen-bond donors (Lipinski definition) is 3. The number of hydrogen-bond acceptors (Lipinski definition) is 3. The second kappa shape index (κ2) is 8.42. The van der Waals surface area contributed by atoms with Crippen molar-refractivity contribution in [2.75, 3.05) is 6.54 Å². The molecule has 0 spiro atoms. The molecule has 5 heteroatoms. The van der Waals surface area contributed by atoms with E-state index in [1.54, 1.807) is 30.3 Å². The van der Waals surface area contributed by atoms with Crippen LogP contribution in [0.3, 0.4) is 0 Å². The van der Waals surface area contributed by atoms with E-state index in [1.165, 1.54) is 0 Å². The molecule has 116 valence electrons. The van der Waals surface area contributed by atoms with E-state index in [1.807, 2.05) is 0 Å². The van der Waals surface area contributed by atoms with Gasteiger partial charge < -0.3 is 16.2 Å². The lowest BCUT2D eigenvalue weighted by atomic mass is 9.93. The van der Waals surface area contributed by atoms with Crippen LogP contribution in [-0.2, 0) is 9.59 Å². The van der Waals surface area contributed by atoms with Gasteiger partial charge in [0.15, 0.2) is 6.04 Å². The molecule has 1 aromatic carbocycles. The molecule has 0 fully saturated rings. The number of carboxylic acids is 1. The Labute approximate surface area is 125 Å². The second-order valence-electron chi connectivity index (χ2n) is 5.68. The van der Waals surface area contributed by atoms with Crippen LogP contribution in [0.25, 0.3) is 0 Å². The molecule has 0 saturated carbocycles. The number of carbonyl (C=O) groups is 2. The van der Waals surface area contributed by atoms with Crippen molar-refractivity contribution in [3.05, 3.63) is 35.9 Å². The van der Waals surface area contributed by atoms with Gasteiger partial charge in [-0.3, -0.25) is 4.79 Å². The molecule has 0 heterocycles. The summed E-state index contributed by atoms with van der Waals surface area (Å²) < 4.78 is 0. The number of benzene rings is 1. The minimum atomic E-state index is -1.07. The van der Waals surface area contributed by atoms with Crippen molar-refractivity contribution < 1.29 is 14.7 Å². The number of nitrogens with two attached hydrogens (primary N) is 1. The van der Waals surface area contributed by atoms with E-state index < -0.39 is 12.0 Å². The molecule has 1 aromatic rings. The Morgan fingerprint density at radius 2 is 1.86 bits per heavy atom. The van der Waals surface area contributed by atoms with Gasteiger partial charge in [-0.25, -0.2) is 4.79 Å². The van der Waals surface area contributed by atoms with E-state index in [4.69, 9.17) is 5.73 Å². The molecule has 4 N–H and O–H groups in total. The average molecular weight is 292 g/mol. The summed E-state index contributed by atoms with van der Waals surface area (Å²) in [4.78, 5) is 23.4. The Morgan fingerprint density at radius 3 is 2.33 bits per heavy atom. The predicted molar refractivity (Wildman–Crippen MR) is 81.6 cm³/mol. The van der Waals surface area contributed by atoms with Gasteiger partial charge in [-0.1, -0.05) is 44.2 Å². The normalized spacial score (nSPS) is 13.7. The van der Waals surface area contributed by atoms with Gasteiger partial charge in [-0.05, 0) is 30.4 Å². The number of nitrogens with one attached hydrogen (secondary N) is 1. The van der Waals surface area contributed by atoms with Gasteiger partial charge in [0.2, 0.25) is 5.91 Å². The maximum absolute atomic E-state index is 12.1. The molecule has 21 heavy (non-hydrogen) atoms. The van der Waals surface area contributed by atoms with Crippen LogP contribution in [-0.4, -0.2) is 23.5 Å². The van der Waals surface area contributed by atoms with E-state index in [-0.39, 0.29) is 18.2 Å². The van der Waals surface area contributed by atoms with E-state index in [0.29, 0.717) is 18.0 Å². The second-order valence-corrected chi connectivity index (χ2v) is 5.68. The number of carbonyl (C=O) groups excluding carboxylic acids is 1. The number of rotatable bonds is 8. The van der Waals surface area contributed by atoms with Crippen molar-refractivity contribution in [3.63, 3.8) is 0 Å². The van der Waals surface area contributed by atoms with Crippen molar-refractivity contribution in [2.45, 2.75) is 32.7 Å². The van der Waals surface area contributed by atoms with Gasteiger partial charge in [0.25, 0.3) is 0 Å². The lowest BCUT2D eigenvalue weighted by Gasteiger charge is -2.19. The minimum absolute atomic E-state index is 0.0789. The van der Waals surface area contributed by atoms with Gasteiger partial charge in [0, 0.05) is 6.42 Å². The quantitative estimate of drug-likeness (QED) is 0.682. The fraction of sp³-hybridized carbons (Fsp3) is 0.500. The lowest BCUT2D eigenvalue weighted by Crippen LogP contribution is -2.35. The van der Waals surface area contributed by atoms with Crippen molar-refractivity contribution >= 4 is 11.9 Å². The van der Waals surface area contributed by atoms with Gasteiger partial charge in [-0.15, -0.1) is 0 Å². The summed E-state index contributed by atoms with van der Waals surface area (Å²) in [5.74, 6) is -0.809. The molecule has 0 bridgehead atoms. The molecular formula is C16H24N2O3. The maximum atomic E-state index is 12.1. The molecule has 0 saturated heterocycles. The van der Waals surface area contributed by atoms with Gasteiger partial charge in [0.1, 0.15) is 0 Å². The molecule has 0 aliphatic rings. The van der Waals surface area contributed by atoms with Crippen LogP contribution in [0.2, 0.25) is 0 Å². The highest BCUT2D eigenvalue weighted by molar-refractivity contribution is 5.84. The third-order valence-electron chi connectivity index (χ3n) is 3.30. The van der Waals surface area contributed by atoms with Crippen LogP contribution in [0.4, 0.5) is 0 Å². The zero-order valence-electron chi connectivity index (χ0n) is 12.6. The van der Waals surface area contributed by atoms with Gasteiger partial charge >= 0.3 is 5.97 Å². The first-order valence-electron chi connectivity index (χ1n) is 7.21. The number of aliphatic carboxylic acids is 1. The highest BCUT2D eigenvalue weighted by Crippen LogP contribution is 2.17. The Balaban J connectivity index is 2.67. The Kier molecular flexibility index (Phi) is 6.88. The highest BCUT2D eigenvalue weighted by Gasteiger charge is 2.23. The average Bonchev–Trinajstić information content (AvgIpc) is 2.44. The third-order valence-corrected chi connectivity index (χ3v) is 3.30. The predicted octanol–water partition coefficient (Wildman–Crippen LogP) is 1.94. The molecular weight excluding hydrogens is 268 g/mol. The molecule has 0 aliphatic carbocycles. The lowest BCUT2D eigenvalue weighted by molar-refractivity contribution is -0.142. The molecule has 5 nitrogen and oxygen atoms in total. The number of amides is 1. The smallest absolute Gasteiger partial charge is 0.330 e. The first-order chi connectivity index (χ1) is 9.93. The van der Waals surface area contributed by atoms with Crippen LogP contribution in [0.5, 0.6) is 0 Å². The summed E-state index contributed by atoms with van der Waals surface area (Å²) in [6.07, 6.45) is 1.11. The Morgan fingerprint density at radius 1 is 1.24 bits per heavy atom. The third kappa shape index (κ3) is 5.95. The summed E-state index contributed by atoms with van der Waals surface area (Å²) in [5.41, 5.74) is 6.24. The number of carboxylic acid groups (broad SMARTS) is 1. The van der Waals surface area contributed by atoms with Crippen molar-refractivity contribution in [1.29, 1.82) is 0 Å². The van der Waals surface area contributed by atoms with E-state index in [2.05, 4.69) is 19.2 Å². The Hall–Kier alpha value is -1.88.